The molecular weight excluding hydrogens is 444 g/mol. The summed E-state index contributed by atoms with van der Waals surface area (Å²) in [5, 5.41) is 12.3. The lowest BCUT2D eigenvalue weighted by Crippen LogP contribution is -2.50. The van der Waals surface area contributed by atoms with Gasteiger partial charge in [-0.1, -0.05) is 17.7 Å². The van der Waals surface area contributed by atoms with Crippen LogP contribution in [0.15, 0.2) is 47.4 Å². The fourth-order valence-electron chi connectivity index (χ4n) is 3.67. The number of sulfonamides is 1. The van der Waals surface area contributed by atoms with E-state index in [9.17, 15) is 23.1 Å². The largest absolute Gasteiger partial charge is 0.478 e. The molecule has 3 rings (SSSR count). The zero-order valence-corrected chi connectivity index (χ0v) is 19.9. The third kappa shape index (κ3) is 6.45. The van der Waals surface area contributed by atoms with Gasteiger partial charge in [0, 0.05) is 32.2 Å². The summed E-state index contributed by atoms with van der Waals surface area (Å²) < 4.78 is 28.5. The zero-order chi connectivity index (χ0) is 24.2. The SMILES string of the molecule is Cc1ccc(S(=O)(=O)Nc2cc(C(=O)O)ccc2N2CCN(CC(=O)NC(C)C)CC2)cc1. The van der Waals surface area contributed by atoms with Crippen molar-refractivity contribution in [1.29, 1.82) is 0 Å². The second kappa shape index (κ2) is 10.2. The highest BCUT2D eigenvalue weighted by Gasteiger charge is 2.24. The summed E-state index contributed by atoms with van der Waals surface area (Å²) in [7, 11) is -3.90. The standard InChI is InChI=1S/C23H30N4O5S/c1-16(2)24-22(28)15-26-10-12-27(13-11-26)21-9-6-18(23(29)30)14-20(21)25-33(31,32)19-7-4-17(3)5-8-19/h4-9,14,16,25H,10-13,15H2,1-3H3,(H,24,28)(H,29,30). The molecule has 0 aromatic heterocycles. The second-order valence-corrected chi connectivity index (χ2v) is 10.1. The molecule has 3 N–H and O–H groups in total. The Labute approximate surface area is 194 Å². The lowest BCUT2D eigenvalue weighted by Gasteiger charge is -2.36. The van der Waals surface area contributed by atoms with Gasteiger partial charge in [0.2, 0.25) is 5.91 Å². The van der Waals surface area contributed by atoms with Crippen LogP contribution in [-0.2, 0) is 14.8 Å². The van der Waals surface area contributed by atoms with Crippen molar-refractivity contribution in [3.63, 3.8) is 0 Å². The number of rotatable bonds is 8. The minimum absolute atomic E-state index is 0.00986. The third-order valence-electron chi connectivity index (χ3n) is 5.35. The number of aryl methyl sites for hydroxylation is 1. The van der Waals surface area contributed by atoms with Gasteiger partial charge in [0.05, 0.1) is 28.4 Å². The first-order valence-corrected chi connectivity index (χ1v) is 12.3. The number of anilines is 2. The van der Waals surface area contributed by atoms with Gasteiger partial charge in [-0.3, -0.25) is 14.4 Å². The molecule has 0 aliphatic carbocycles. The molecule has 10 heteroatoms. The van der Waals surface area contributed by atoms with Crippen molar-refractivity contribution in [3.05, 3.63) is 53.6 Å². The fraction of sp³-hybridized carbons (Fsp3) is 0.391. The van der Waals surface area contributed by atoms with Gasteiger partial charge >= 0.3 is 5.97 Å². The maximum Gasteiger partial charge on any atom is 0.335 e. The Morgan fingerprint density at radius 2 is 1.67 bits per heavy atom. The Bertz CT molecular complexity index is 1110. The van der Waals surface area contributed by atoms with Crippen LogP contribution >= 0.6 is 0 Å². The van der Waals surface area contributed by atoms with Crippen LogP contribution in [0.4, 0.5) is 11.4 Å². The molecule has 0 radical (unpaired) electrons. The molecule has 2 aromatic rings. The molecule has 1 fully saturated rings. The van der Waals surface area contributed by atoms with Crippen molar-refractivity contribution in [2.75, 3.05) is 42.3 Å². The minimum atomic E-state index is -3.90. The smallest absolute Gasteiger partial charge is 0.335 e. The zero-order valence-electron chi connectivity index (χ0n) is 19.0. The first-order chi connectivity index (χ1) is 15.5. The monoisotopic (exact) mass is 474 g/mol. The first kappa shape index (κ1) is 24.5. The minimum Gasteiger partial charge on any atom is -0.478 e. The van der Waals surface area contributed by atoms with Crippen molar-refractivity contribution < 1.29 is 23.1 Å². The highest BCUT2D eigenvalue weighted by Crippen LogP contribution is 2.30. The summed E-state index contributed by atoms with van der Waals surface area (Å²) in [6.45, 7) is 8.38. The number of carboxylic acid groups (broad SMARTS) is 1. The molecule has 0 saturated carbocycles. The predicted molar refractivity (Wildman–Crippen MR) is 127 cm³/mol. The molecule has 1 heterocycles. The van der Waals surface area contributed by atoms with Crippen molar-refractivity contribution in [2.45, 2.75) is 31.7 Å². The van der Waals surface area contributed by atoms with E-state index in [0.717, 1.165) is 5.56 Å². The van der Waals surface area contributed by atoms with Gasteiger partial charge in [-0.25, -0.2) is 13.2 Å². The molecule has 178 valence electrons. The molecule has 1 saturated heterocycles. The van der Waals surface area contributed by atoms with E-state index in [0.29, 0.717) is 38.4 Å². The number of nitrogens with one attached hydrogen (secondary N) is 2. The number of piperazine rings is 1. The lowest BCUT2D eigenvalue weighted by molar-refractivity contribution is -0.122. The molecular formula is C23H30N4O5S. The third-order valence-corrected chi connectivity index (χ3v) is 6.73. The van der Waals surface area contributed by atoms with Crippen molar-refractivity contribution in [2.24, 2.45) is 0 Å². The first-order valence-electron chi connectivity index (χ1n) is 10.8. The molecule has 1 aliphatic rings. The Morgan fingerprint density at radius 3 is 2.24 bits per heavy atom. The molecule has 1 amide bonds. The highest BCUT2D eigenvalue weighted by atomic mass is 32.2. The van der Waals surface area contributed by atoms with Gasteiger partial charge in [0.1, 0.15) is 0 Å². The number of hydrogen-bond donors (Lipinski definition) is 3. The number of carbonyl (C=O) groups is 2. The Balaban J connectivity index is 1.80. The van der Waals surface area contributed by atoms with Gasteiger partial charge in [-0.05, 0) is 51.1 Å². The van der Waals surface area contributed by atoms with E-state index in [2.05, 4.69) is 10.0 Å². The molecule has 0 atom stereocenters. The highest BCUT2D eigenvalue weighted by molar-refractivity contribution is 7.92. The summed E-state index contributed by atoms with van der Waals surface area (Å²) in [5.74, 6) is -1.17. The maximum atomic E-state index is 13.0. The average Bonchev–Trinajstić information content (AvgIpc) is 2.74. The molecule has 9 nitrogen and oxygen atoms in total. The van der Waals surface area contributed by atoms with Gasteiger partial charge < -0.3 is 15.3 Å². The predicted octanol–water partition coefficient (Wildman–Crippen LogP) is 2.14. The number of carbonyl (C=O) groups excluding carboxylic acids is 1. The Morgan fingerprint density at radius 1 is 1.03 bits per heavy atom. The molecule has 0 bridgehead atoms. The van der Waals surface area contributed by atoms with E-state index in [1.54, 1.807) is 18.2 Å². The number of amides is 1. The Hall–Kier alpha value is -3.11. The van der Waals surface area contributed by atoms with E-state index in [4.69, 9.17) is 0 Å². The normalized spacial score (nSPS) is 14.8. The van der Waals surface area contributed by atoms with Gasteiger partial charge in [0.25, 0.3) is 10.0 Å². The van der Waals surface area contributed by atoms with Crippen LogP contribution < -0.4 is 14.9 Å². The number of aromatic carboxylic acids is 1. The van der Waals surface area contributed by atoms with Crippen molar-refractivity contribution in [3.8, 4) is 0 Å². The quantitative estimate of drug-likeness (QED) is 0.536. The summed E-state index contributed by atoms with van der Waals surface area (Å²) in [6.07, 6.45) is 0. The maximum absolute atomic E-state index is 13.0. The Kier molecular flexibility index (Phi) is 7.60. The topological polar surface area (TPSA) is 119 Å². The van der Waals surface area contributed by atoms with E-state index in [1.165, 1.54) is 24.3 Å². The van der Waals surface area contributed by atoms with Crippen LogP contribution in [0.2, 0.25) is 0 Å². The van der Waals surface area contributed by atoms with Gasteiger partial charge in [0.15, 0.2) is 0 Å². The van der Waals surface area contributed by atoms with E-state index >= 15 is 0 Å². The lowest BCUT2D eigenvalue weighted by atomic mass is 10.1. The molecule has 2 aromatic carbocycles. The summed E-state index contributed by atoms with van der Waals surface area (Å²) >= 11 is 0. The summed E-state index contributed by atoms with van der Waals surface area (Å²) in [5.41, 5.74) is 1.73. The van der Waals surface area contributed by atoms with Gasteiger partial charge in [-0.15, -0.1) is 0 Å². The summed E-state index contributed by atoms with van der Waals surface area (Å²) in [4.78, 5) is 27.7. The van der Waals surface area contributed by atoms with Crippen LogP contribution in [0.3, 0.4) is 0 Å². The number of benzene rings is 2. The number of carboxylic acids is 1. The average molecular weight is 475 g/mol. The van der Waals surface area contributed by atoms with Crippen LogP contribution in [-0.4, -0.2) is 69.1 Å². The van der Waals surface area contributed by atoms with Crippen LogP contribution in [0, 0.1) is 6.92 Å². The van der Waals surface area contributed by atoms with E-state index in [-0.39, 0.29) is 28.1 Å². The van der Waals surface area contributed by atoms with Crippen LogP contribution in [0.25, 0.3) is 0 Å². The van der Waals surface area contributed by atoms with Crippen LogP contribution in [0.1, 0.15) is 29.8 Å². The fourth-order valence-corrected chi connectivity index (χ4v) is 4.73. The molecule has 0 unspecified atom stereocenters. The molecule has 1 aliphatic heterocycles. The van der Waals surface area contributed by atoms with Crippen LogP contribution in [0.5, 0.6) is 0 Å². The molecule has 0 spiro atoms. The number of hydrogen-bond acceptors (Lipinski definition) is 6. The van der Waals surface area contributed by atoms with Crippen molar-refractivity contribution in [1.82, 2.24) is 10.2 Å². The van der Waals surface area contributed by atoms with E-state index in [1.807, 2.05) is 30.6 Å². The molecule has 33 heavy (non-hydrogen) atoms. The number of nitrogens with zero attached hydrogens (tertiary/aromatic N) is 2. The van der Waals surface area contributed by atoms with Crippen molar-refractivity contribution >= 4 is 33.3 Å². The summed E-state index contributed by atoms with van der Waals surface area (Å²) in [6, 6.07) is 10.9. The second-order valence-electron chi connectivity index (χ2n) is 8.44. The van der Waals surface area contributed by atoms with E-state index < -0.39 is 16.0 Å². The van der Waals surface area contributed by atoms with Gasteiger partial charge in [-0.2, -0.15) is 0 Å².